The minimum absolute atomic E-state index is 0.0732. The van der Waals surface area contributed by atoms with Crippen LogP contribution in [-0.2, 0) is 10.1 Å². The average molecular weight is 386 g/mol. The zero-order valence-corrected chi connectivity index (χ0v) is 15.5. The molecule has 0 radical (unpaired) electrons. The van der Waals surface area contributed by atoms with Crippen LogP contribution in [0.2, 0.25) is 5.02 Å². The van der Waals surface area contributed by atoms with Crippen LogP contribution in [0.1, 0.15) is 11.1 Å². The molecule has 0 N–H and O–H groups in total. The second-order valence-corrected chi connectivity index (χ2v) is 7.59. The molecule has 3 aromatic rings. The van der Waals surface area contributed by atoms with Crippen LogP contribution in [0, 0.1) is 6.92 Å². The van der Waals surface area contributed by atoms with E-state index in [0.717, 1.165) is 16.8 Å². The van der Waals surface area contributed by atoms with E-state index in [0.29, 0.717) is 0 Å². The van der Waals surface area contributed by atoms with Crippen molar-refractivity contribution in [3.05, 3.63) is 88.9 Å². The Morgan fingerprint density at radius 3 is 2.31 bits per heavy atom. The summed E-state index contributed by atoms with van der Waals surface area (Å²) < 4.78 is 29.9. The molecule has 0 aliphatic heterocycles. The van der Waals surface area contributed by atoms with Gasteiger partial charge in [0.1, 0.15) is 4.90 Å². The summed E-state index contributed by atoms with van der Waals surface area (Å²) in [6, 6.07) is 20.7. The first kappa shape index (κ1) is 18.2. The Morgan fingerprint density at radius 1 is 0.962 bits per heavy atom. The summed E-state index contributed by atoms with van der Waals surface area (Å²) in [6.07, 6.45) is 1.65. The van der Waals surface area contributed by atoms with Gasteiger partial charge in [0.2, 0.25) is 0 Å². The van der Waals surface area contributed by atoms with Crippen LogP contribution < -0.4 is 4.18 Å². The monoisotopic (exact) mass is 385 g/mol. The summed E-state index contributed by atoms with van der Waals surface area (Å²) in [4.78, 5) is 4.41. The van der Waals surface area contributed by atoms with Crippen molar-refractivity contribution in [1.82, 2.24) is 0 Å². The van der Waals surface area contributed by atoms with Gasteiger partial charge in [0.15, 0.2) is 5.75 Å². The number of rotatable bonds is 5. The number of hydrogen-bond acceptors (Lipinski definition) is 4. The zero-order valence-electron chi connectivity index (χ0n) is 14.0. The van der Waals surface area contributed by atoms with Crippen molar-refractivity contribution in [2.75, 3.05) is 0 Å². The van der Waals surface area contributed by atoms with Crippen molar-refractivity contribution < 1.29 is 12.6 Å². The largest absolute Gasteiger partial charge is 0.377 e. The van der Waals surface area contributed by atoms with Crippen molar-refractivity contribution in [1.29, 1.82) is 0 Å². The Kier molecular flexibility index (Phi) is 5.40. The van der Waals surface area contributed by atoms with E-state index < -0.39 is 10.1 Å². The molecule has 0 amide bonds. The van der Waals surface area contributed by atoms with Crippen LogP contribution >= 0.6 is 11.6 Å². The summed E-state index contributed by atoms with van der Waals surface area (Å²) in [6.45, 7) is 1.88. The van der Waals surface area contributed by atoms with Crippen LogP contribution in [-0.4, -0.2) is 14.6 Å². The molecule has 0 saturated carbocycles. The fourth-order valence-electron chi connectivity index (χ4n) is 2.20. The third-order valence-corrected chi connectivity index (χ3v) is 5.13. The number of aryl methyl sites for hydroxylation is 1. The highest BCUT2D eigenvalue weighted by Gasteiger charge is 2.18. The predicted molar refractivity (Wildman–Crippen MR) is 104 cm³/mol. The van der Waals surface area contributed by atoms with Crippen LogP contribution in [0.4, 0.5) is 5.69 Å². The number of para-hydroxylation sites is 1. The van der Waals surface area contributed by atoms with Gasteiger partial charge in [-0.2, -0.15) is 8.42 Å². The second kappa shape index (κ2) is 7.72. The summed E-state index contributed by atoms with van der Waals surface area (Å²) in [5.41, 5.74) is 2.51. The summed E-state index contributed by atoms with van der Waals surface area (Å²) in [5.74, 6) is 0.0732. The van der Waals surface area contributed by atoms with E-state index in [2.05, 4.69) is 4.99 Å². The molecule has 0 saturated heterocycles. The SMILES string of the molecule is Cc1ccc(S(=O)(=O)Oc2ccc(C=Nc3ccccc3)cc2Cl)cc1. The lowest BCUT2D eigenvalue weighted by Crippen LogP contribution is -2.10. The highest BCUT2D eigenvalue weighted by Crippen LogP contribution is 2.28. The normalized spacial score (nSPS) is 11.6. The predicted octanol–water partition coefficient (Wildman–Crippen LogP) is 5.17. The lowest BCUT2D eigenvalue weighted by molar-refractivity contribution is 0.486. The molecule has 6 heteroatoms. The van der Waals surface area contributed by atoms with E-state index in [1.165, 1.54) is 18.2 Å². The highest BCUT2D eigenvalue weighted by molar-refractivity contribution is 7.87. The van der Waals surface area contributed by atoms with E-state index >= 15 is 0 Å². The van der Waals surface area contributed by atoms with E-state index in [-0.39, 0.29) is 15.7 Å². The Labute approximate surface area is 157 Å². The van der Waals surface area contributed by atoms with Gasteiger partial charge < -0.3 is 4.18 Å². The minimum atomic E-state index is -3.94. The Hall–Kier alpha value is -2.63. The maximum atomic E-state index is 12.4. The van der Waals surface area contributed by atoms with Crippen molar-refractivity contribution in [2.45, 2.75) is 11.8 Å². The van der Waals surface area contributed by atoms with Gasteiger partial charge in [-0.25, -0.2) is 0 Å². The van der Waals surface area contributed by atoms with E-state index in [1.54, 1.807) is 30.5 Å². The molecule has 0 unspecified atom stereocenters. The molecule has 0 bridgehead atoms. The van der Waals surface area contributed by atoms with Gasteiger partial charge in [0, 0.05) is 6.21 Å². The number of benzene rings is 3. The molecule has 0 heterocycles. The Bertz CT molecular complexity index is 1030. The molecule has 0 aliphatic carbocycles. The number of aliphatic imine (C=N–C) groups is 1. The third-order valence-electron chi connectivity index (χ3n) is 3.58. The summed E-state index contributed by atoms with van der Waals surface area (Å²) in [5, 5.41) is 0.192. The molecule has 0 atom stereocenters. The van der Waals surface area contributed by atoms with Crippen LogP contribution in [0.3, 0.4) is 0 Å². The molecule has 26 heavy (non-hydrogen) atoms. The van der Waals surface area contributed by atoms with E-state index in [4.69, 9.17) is 15.8 Å². The maximum Gasteiger partial charge on any atom is 0.339 e. The molecule has 132 valence electrons. The first-order chi connectivity index (χ1) is 12.4. The van der Waals surface area contributed by atoms with Crippen LogP contribution in [0.5, 0.6) is 5.75 Å². The zero-order chi connectivity index (χ0) is 18.6. The van der Waals surface area contributed by atoms with Crippen molar-refractivity contribution in [2.24, 2.45) is 4.99 Å². The standard InChI is InChI=1S/C20H16ClNO3S/c1-15-7-10-18(11-8-15)26(23,24)25-20-12-9-16(13-19(20)21)14-22-17-5-3-2-4-6-17/h2-14H,1H3. The lowest BCUT2D eigenvalue weighted by Gasteiger charge is -2.09. The summed E-state index contributed by atoms with van der Waals surface area (Å²) in [7, 11) is -3.94. The molecule has 3 rings (SSSR count). The molecule has 0 spiro atoms. The van der Waals surface area contributed by atoms with E-state index in [1.807, 2.05) is 37.3 Å². The molecule has 0 aliphatic rings. The van der Waals surface area contributed by atoms with Gasteiger partial charge in [0.05, 0.1) is 10.7 Å². The first-order valence-electron chi connectivity index (χ1n) is 7.84. The minimum Gasteiger partial charge on any atom is -0.377 e. The third kappa shape index (κ3) is 4.50. The van der Waals surface area contributed by atoms with Gasteiger partial charge in [-0.05, 0) is 55.0 Å². The Balaban J connectivity index is 1.79. The van der Waals surface area contributed by atoms with Crippen molar-refractivity contribution in [3.63, 3.8) is 0 Å². The maximum absolute atomic E-state index is 12.4. The van der Waals surface area contributed by atoms with Gasteiger partial charge in [-0.1, -0.05) is 47.5 Å². The molecular formula is C20H16ClNO3S. The topological polar surface area (TPSA) is 55.7 Å². The molecule has 4 nitrogen and oxygen atoms in total. The van der Waals surface area contributed by atoms with Gasteiger partial charge in [0.25, 0.3) is 0 Å². The average Bonchev–Trinajstić information content (AvgIpc) is 2.63. The van der Waals surface area contributed by atoms with Gasteiger partial charge in [-0.3, -0.25) is 4.99 Å². The van der Waals surface area contributed by atoms with Crippen LogP contribution in [0.25, 0.3) is 0 Å². The van der Waals surface area contributed by atoms with Crippen molar-refractivity contribution >= 4 is 33.6 Å². The van der Waals surface area contributed by atoms with Crippen LogP contribution in [0.15, 0.2) is 82.7 Å². The van der Waals surface area contributed by atoms with Gasteiger partial charge in [-0.15, -0.1) is 0 Å². The number of nitrogens with zero attached hydrogens (tertiary/aromatic N) is 1. The first-order valence-corrected chi connectivity index (χ1v) is 9.62. The summed E-state index contributed by atoms with van der Waals surface area (Å²) >= 11 is 6.18. The smallest absolute Gasteiger partial charge is 0.339 e. The molecule has 3 aromatic carbocycles. The molecule has 0 aromatic heterocycles. The fourth-order valence-corrected chi connectivity index (χ4v) is 3.42. The number of halogens is 1. The molecular weight excluding hydrogens is 370 g/mol. The lowest BCUT2D eigenvalue weighted by atomic mass is 10.2. The second-order valence-electron chi connectivity index (χ2n) is 5.63. The number of hydrogen-bond donors (Lipinski definition) is 0. The fraction of sp³-hybridized carbons (Fsp3) is 0.0500. The Morgan fingerprint density at radius 2 is 1.65 bits per heavy atom. The van der Waals surface area contributed by atoms with E-state index in [9.17, 15) is 8.42 Å². The molecule has 0 fully saturated rings. The van der Waals surface area contributed by atoms with Gasteiger partial charge >= 0.3 is 10.1 Å². The van der Waals surface area contributed by atoms with Crippen molar-refractivity contribution in [3.8, 4) is 5.75 Å². The quantitative estimate of drug-likeness (QED) is 0.450. The highest BCUT2D eigenvalue weighted by atomic mass is 35.5.